The quantitative estimate of drug-likeness (QED) is 0.795. The topological polar surface area (TPSA) is 50.2 Å². The van der Waals surface area contributed by atoms with E-state index in [0.717, 1.165) is 25.2 Å². The fourth-order valence-corrected chi connectivity index (χ4v) is 2.90. The molecular formula is C19H25F3N4O. The zero-order valence-corrected chi connectivity index (χ0v) is 16.0. The summed E-state index contributed by atoms with van der Waals surface area (Å²) in [5.41, 5.74) is 0.343. The van der Waals surface area contributed by atoms with Crippen LogP contribution in [0.25, 0.3) is 5.69 Å². The molecule has 0 fully saturated rings. The van der Waals surface area contributed by atoms with Gasteiger partial charge in [0.2, 0.25) is 0 Å². The van der Waals surface area contributed by atoms with Crippen LogP contribution in [0.4, 0.5) is 13.2 Å². The summed E-state index contributed by atoms with van der Waals surface area (Å²) in [5.74, 6) is -0.287. The third-order valence-electron chi connectivity index (χ3n) is 4.49. The lowest BCUT2D eigenvalue weighted by atomic mass is 10.2. The standard InChI is InChI=1S/C19H25F3N4O/c1-5-25(13(2)3)10-9-23-18(27)17-12-24-26(14(17)4)16-8-6-7-15(11-16)19(20,21)22/h6-8,11-13H,5,9-10H2,1-4H3,(H,23,27). The monoisotopic (exact) mass is 382 g/mol. The average Bonchev–Trinajstić information content (AvgIpc) is 2.99. The number of rotatable bonds is 7. The smallest absolute Gasteiger partial charge is 0.351 e. The molecule has 1 amide bonds. The van der Waals surface area contributed by atoms with Gasteiger partial charge in [-0.15, -0.1) is 0 Å². The Morgan fingerprint density at radius 3 is 2.63 bits per heavy atom. The summed E-state index contributed by atoms with van der Waals surface area (Å²) < 4.78 is 40.1. The summed E-state index contributed by atoms with van der Waals surface area (Å²) in [7, 11) is 0. The highest BCUT2D eigenvalue weighted by Crippen LogP contribution is 2.30. The van der Waals surface area contributed by atoms with Crippen molar-refractivity contribution in [2.45, 2.75) is 39.9 Å². The fraction of sp³-hybridized carbons (Fsp3) is 0.474. The maximum atomic E-state index is 12.9. The molecule has 0 bridgehead atoms. The van der Waals surface area contributed by atoms with Gasteiger partial charge < -0.3 is 5.32 Å². The number of aromatic nitrogens is 2. The van der Waals surface area contributed by atoms with E-state index in [4.69, 9.17) is 0 Å². The van der Waals surface area contributed by atoms with E-state index in [-0.39, 0.29) is 11.6 Å². The first-order valence-electron chi connectivity index (χ1n) is 8.89. The molecule has 0 unspecified atom stereocenters. The number of nitrogens with one attached hydrogen (secondary N) is 1. The Morgan fingerprint density at radius 1 is 1.33 bits per heavy atom. The summed E-state index contributed by atoms with van der Waals surface area (Å²) >= 11 is 0. The normalized spacial score (nSPS) is 12.0. The Morgan fingerprint density at radius 2 is 2.04 bits per heavy atom. The summed E-state index contributed by atoms with van der Waals surface area (Å²) in [4.78, 5) is 14.6. The molecule has 1 aromatic heterocycles. The van der Waals surface area contributed by atoms with Crippen LogP contribution in [0.2, 0.25) is 0 Å². The van der Waals surface area contributed by atoms with Gasteiger partial charge in [0.1, 0.15) is 0 Å². The Balaban J connectivity index is 2.12. The number of amides is 1. The van der Waals surface area contributed by atoms with Crippen LogP contribution < -0.4 is 5.32 Å². The minimum absolute atomic E-state index is 0.262. The highest BCUT2D eigenvalue weighted by molar-refractivity contribution is 5.95. The van der Waals surface area contributed by atoms with Gasteiger partial charge in [-0.05, 0) is 45.5 Å². The number of carbonyl (C=O) groups is 1. The van der Waals surface area contributed by atoms with Crippen LogP contribution in [-0.4, -0.2) is 46.3 Å². The van der Waals surface area contributed by atoms with Gasteiger partial charge in [-0.25, -0.2) is 4.68 Å². The zero-order valence-electron chi connectivity index (χ0n) is 16.0. The number of benzene rings is 1. The minimum Gasteiger partial charge on any atom is -0.351 e. The van der Waals surface area contributed by atoms with Crippen LogP contribution in [0.15, 0.2) is 30.5 Å². The van der Waals surface area contributed by atoms with E-state index in [9.17, 15) is 18.0 Å². The number of alkyl halides is 3. The van der Waals surface area contributed by atoms with Crippen molar-refractivity contribution in [1.82, 2.24) is 20.0 Å². The lowest BCUT2D eigenvalue weighted by Gasteiger charge is -2.24. The number of hydrogen-bond acceptors (Lipinski definition) is 3. The predicted octanol–water partition coefficient (Wildman–Crippen LogP) is 3.66. The largest absolute Gasteiger partial charge is 0.416 e. The molecule has 2 rings (SSSR count). The van der Waals surface area contributed by atoms with Gasteiger partial charge in [-0.2, -0.15) is 18.3 Å². The van der Waals surface area contributed by atoms with E-state index in [1.165, 1.54) is 23.0 Å². The van der Waals surface area contributed by atoms with Crippen molar-refractivity contribution in [1.29, 1.82) is 0 Å². The summed E-state index contributed by atoms with van der Waals surface area (Å²) in [6, 6.07) is 5.26. The molecule has 0 atom stereocenters. The van der Waals surface area contributed by atoms with Gasteiger partial charge in [-0.3, -0.25) is 9.69 Å². The first kappa shape index (κ1) is 21.0. The molecule has 2 aromatic rings. The SMILES string of the molecule is CCN(CCNC(=O)c1cnn(-c2cccc(C(F)(F)F)c2)c1C)C(C)C. The van der Waals surface area contributed by atoms with Crippen LogP contribution in [0, 0.1) is 6.92 Å². The van der Waals surface area contributed by atoms with E-state index >= 15 is 0 Å². The zero-order chi connectivity index (χ0) is 20.2. The molecule has 0 aliphatic carbocycles. The molecule has 0 aliphatic heterocycles. The van der Waals surface area contributed by atoms with Gasteiger partial charge in [-0.1, -0.05) is 13.0 Å². The van der Waals surface area contributed by atoms with Crippen molar-refractivity contribution in [3.8, 4) is 5.69 Å². The molecule has 5 nitrogen and oxygen atoms in total. The van der Waals surface area contributed by atoms with Crippen LogP contribution in [0.3, 0.4) is 0 Å². The van der Waals surface area contributed by atoms with Gasteiger partial charge >= 0.3 is 6.18 Å². The fourth-order valence-electron chi connectivity index (χ4n) is 2.90. The molecular weight excluding hydrogens is 357 g/mol. The number of nitrogens with zero attached hydrogens (tertiary/aromatic N) is 3. The van der Waals surface area contributed by atoms with Crippen LogP contribution in [0.1, 0.15) is 42.4 Å². The second kappa shape index (κ2) is 8.56. The van der Waals surface area contributed by atoms with Gasteiger partial charge in [0.25, 0.3) is 5.91 Å². The lowest BCUT2D eigenvalue weighted by Crippen LogP contribution is -2.38. The molecule has 1 heterocycles. The van der Waals surface area contributed by atoms with Crippen molar-refractivity contribution in [2.24, 2.45) is 0 Å². The Hall–Kier alpha value is -2.35. The Labute approximate surface area is 157 Å². The summed E-state index contributed by atoms with van der Waals surface area (Å²) in [5, 5.41) is 6.94. The molecule has 27 heavy (non-hydrogen) atoms. The van der Waals surface area contributed by atoms with Crippen LogP contribution >= 0.6 is 0 Å². The summed E-state index contributed by atoms with van der Waals surface area (Å²) in [6.45, 7) is 10.0. The van der Waals surface area contributed by atoms with Gasteiger partial charge in [0.15, 0.2) is 0 Å². The number of halogens is 3. The van der Waals surface area contributed by atoms with E-state index in [0.29, 0.717) is 23.8 Å². The molecule has 0 aliphatic rings. The molecule has 1 aromatic carbocycles. The molecule has 148 valence electrons. The number of carbonyl (C=O) groups excluding carboxylic acids is 1. The van der Waals surface area contributed by atoms with E-state index < -0.39 is 11.7 Å². The average molecular weight is 382 g/mol. The van der Waals surface area contributed by atoms with Crippen molar-refractivity contribution >= 4 is 5.91 Å². The van der Waals surface area contributed by atoms with E-state index in [1.807, 2.05) is 0 Å². The molecule has 0 spiro atoms. The number of hydrogen-bond donors (Lipinski definition) is 1. The van der Waals surface area contributed by atoms with Gasteiger partial charge in [0, 0.05) is 19.1 Å². The third kappa shape index (κ3) is 5.09. The summed E-state index contributed by atoms with van der Waals surface area (Å²) in [6.07, 6.45) is -3.05. The molecule has 0 saturated carbocycles. The highest BCUT2D eigenvalue weighted by Gasteiger charge is 2.30. The first-order chi connectivity index (χ1) is 12.6. The maximum Gasteiger partial charge on any atom is 0.416 e. The van der Waals surface area contributed by atoms with Crippen molar-refractivity contribution in [2.75, 3.05) is 19.6 Å². The highest BCUT2D eigenvalue weighted by atomic mass is 19.4. The third-order valence-corrected chi connectivity index (χ3v) is 4.49. The second-order valence-electron chi connectivity index (χ2n) is 6.58. The molecule has 1 N–H and O–H groups in total. The molecule has 0 saturated heterocycles. The Bertz CT molecular complexity index is 784. The van der Waals surface area contributed by atoms with Crippen molar-refractivity contribution in [3.63, 3.8) is 0 Å². The maximum absolute atomic E-state index is 12.9. The van der Waals surface area contributed by atoms with Crippen molar-refractivity contribution in [3.05, 3.63) is 47.3 Å². The van der Waals surface area contributed by atoms with Crippen molar-refractivity contribution < 1.29 is 18.0 Å². The second-order valence-corrected chi connectivity index (χ2v) is 6.58. The lowest BCUT2D eigenvalue weighted by molar-refractivity contribution is -0.137. The first-order valence-corrected chi connectivity index (χ1v) is 8.89. The molecule has 0 radical (unpaired) electrons. The van der Waals surface area contributed by atoms with Gasteiger partial charge in [0.05, 0.1) is 28.7 Å². The Kier molecular flexibility index (Phi) is 6.64. The number of likely N-dealkylation sites (N-methyl/N-ethyl adjacent to an activating group) is 1. The van der Waals surface area contributed by atoms with Crippen LogP contribution in [-0.2, 0) is 6.18 Å². The predicted molar refractivity (Wildman–Crippen MR) is 98.0 cm³/mol. The van der Waals surface area contributed by atoms with Crippen LogP contribution in [0.5, 0.6) is 0 Å². The van der Waals surface area contributed by atoms with E-state index in [1.54, 1.807) is 6.92 Å². The molecule has 8 heteroatoms. The minimum atomic E-state index is -4.43. The van der Waals surface area contributed by atoms with E-state index in [2.05, 4.69) is 36.1 Å².